The van der Waals surface area contributed by atoms with Crippen molar-refractivity contribution in [3.63, 3.8) is 0 Å². The zero-order valence-electron chi connectivity index (χ0n) is 15.9. The van der Waals surface area contributed by atoms with Crippen molar-refractivity contribution in [1.29, 1.82) is 0 Å². The van der Waals surface area contributed by atoms with Gasteiger partial charge in [-0.15, -0.1) is 0 Å². The molecule has 25 heavy (non-hydrogen) atoms. The van der Waals surface area contributed by atoms with Crippen LogP contribution in [0.2, 0.25) is 0 Å². The number of ether oxygens (including phenoxy) is 1. The summed E-state index contributed by atoms with van der Waals surface area (Å²) in [6.45, 7) is 5.27. The van der Waals surface area contributed by atoms with Crippen LogP contribution in [0.4, 0.5) is 5.69 Å². The standard InChI is InChI=1S/C19H32N4O2/c1-15-11-17(23(3)4)6-5-16(15)12-21-18(20-2)22-13-19(7-9-24)8-10-25-14-19/h5-6,11,24H,7-10,12-14H2,1-4H3,(H2,20,21,22). The van der Waals surface area contributed by atoms with E-state index in [1.165, 1.54) is 16.8 Å². The molecule has 1 heterocycles. The molecule has 0 amide bonds. The summed E-state index contributed by atoms with van der Waals surface area (Å²) in [4.78, 5) is 6.42. The molecule has 3 N–H and O–H groups in total. The van der Waals surface area contributed by atoms with Gasteiger partial charge in [0.2, 0.25) is 0 Å². The molecule has 1 atom stereocenters. The first kappa shape index (κ1) is 19.5. The summed E-state index contributed by atoms with van der Waals surface area (Å²) in [6.07, 6.45) is 1.73. The molecule has 1 unspecified atom stereocenters. The van der Waals surface area contributed by atoms with Gasteiger partial charge in [-0.05, 0) is 43.0 Å². The van der Waals surface area contributed by atoms with Gasteiger partial charge in [-0.25, -0.2) is 0 Å². The van der Waals surface area contributed by atoms with E-state index >= 15 is 0 Å². The molecule has 0 radical (unpaired) electrons. The highest BCUT2D eigenvalue weighted by Gasteiger charge is 2.34. The fraction of sp³-hybridized carbons (Fsp3) is 0.632. The van der Waals surface area contributed by atoms with Gasteiger partial charge in [0.15, 0.2) is 5.96 Å². The number of aliphatic imine (C=N–C) groups is 1. The Hall–Kier alpha value is -1.79. The lowest BCUT2D eigenvalue weighted by Crippen LogP contribution is -2.44. The van der Waals surface area contributed by atoms with Gasteiger partial charge in [0.25, 0.3) is 0 Å². The molecule has 140 valence electrons. The lowest BCUT2D eigenvalue weighted by atomic mass is 9.84. The molecule has 1 saturated heterocycles. The summed E-state index contributed by atoms with van der Waals surface area (Å²) in [5, 5.41) is 16.1. The number of rotatable bonds is 7. The van der Waals surface area contributed by atoms with Crippen LogP contribution in [-0.4, -0.2) is 58.6 Å². The van der Waals surface area contributed by atoms with Crippen molar-refractivity contribution >= 4 is 11.6 Å². The fourth-order valence-corrected chi connectivity index (χ4v) is 3.14. The monoisotopic (exact) mass is 348 g/mol. The molecular formula is C19H32N4O2. The molecule has 1 aromatic carbocycles. The predicted molar refractivity (Wildman–Crippen MR) is 103 cm³/mol. The summed E-state index contributed by atoms with van der Waals surface area (Å²) in [7, 11) is 5.88. The van der Waals surface area contributed by atoms with Crippen molar-refractivity contribution in [2.45, 2.75) is 26.3 Å². The van der Waals surface area contributed by atoms with E-state index in [1.807, 2.05) is 14.1 Å². The van der Waals surface area contributed by atoms with Crippen LogP contribution in [0.15, 0.2) is 23.2 Å². The number of aryl methyl sites for hydroxylation is 1. The lowest BCUT2D eigenvalue weighted by Gasteiger charge is -2.27. The normalized spacial score (nSPS) is 20.6. The minimum absolute atomic E-state index is 0.00957. The Bertz CT molecular complexity index is 581. The minimum atomic E-state index is 0.00957. The van der Waals surface area contributed by atoms with E-state index in [4.69, 9.17) is 4.74 Å². The largest absolute Gasteiger partial charge is 0.396 e. The molecule has 6 heteroatoms. The van der Waals surface area contributed by atoms with E-state index in [9.17, 15) is 5.11 Å². The van der Waals surface area contributed by atoms with E-state index in [-0.39, 0.29) is 12.0 Å². The Morgan fingerprint density at radius 2 is 2.16 bits per heavy atom. The van der Waals surface area contributed by atoms with Crippen molar-refractivity contribution in [1.82, 2.24) is 10.6 Å². The lowest BCUT2D eigenvalue weighted by molar-refractivity contribution is 0.127. The summed E-state index contributed by atoms with van der Waals surface area (Å²) in [5.74, 6) is 0.778. The maximum Gasteiger partial charge on any atom is 0.191 e. The third-order valence-electron chi connectivity index (χ3n) is 4.97. The van der Waals surface area contributed by atoms with Gasteiger partial charge >= 0.3 is 0 Å². The van der Waals surface area contributed by atoms with Gasteiger partial charge in [-0.1, -0.05) is 6.07 Å². The third-order valence-corrected chi connectivity index (χ3v) is 4.97. The second kappa shape index (κ2) is 9.06. The molecule has 1 aromatic rings. The number of hydrogen-bond acceptors (Lipinski definition) is 4. The second-order valence-corrected chi connectivity index (χ2v) is 7.06. The van der Waals surface area contributed by atoms with Gasteiger partial charge < -0.3 is 25.4 Å². The number of anilines is 1. The Kier molecular flexibility index (Phi) is 7.08. The van der Waals surface area contributed by atoms with Crippen molar-refractivity contribution in [2.24, 2.45) is 10.4 Å². The Balaban J connectivity index is 1.90. The predicted octanol–water partition coefficient (Wildman–Crippen LogP) is 1.52. The van der Waals surface area contributed by atoms with E-state index in [2.05, 4.69) is 45.6 Å². The smallest absolute Gasteiger partial charge is 0.191 e. The number of nitrogens with one attached hydrogen (secondary N) is 2. The molecule has 6 nitrogen and oxygen atoms in total. The zero-order chi connectivity index (χ0) is 18.3. The van der Waals surface area contributed by atoms with Crippen LogP contribution in [0.1, 0.15) is 24.0 Å². The fourth-order valence-electron chi connectivity index (χ4n) is 3.14. The summed E-state index contributed by atoms with van der Waals surface area (Å²) in [5.41, 5.74) is 3.73. The molecule has 2 rings (SSSR count). The van der Waals surface area contributed by atoms with E-state index in [0.29, 0.717) is 6.61 Å². The van der Waals surface area contributed by atoms with Crippen molar-refractivity contribution in [3.05, 3.63) is 29.3 Å². The first-order chi connectivity index (χ1) is 12.0. The van der Waals surface area contributed by atoms with Gasteiger partial charge in [0, 0.05) is 58.5 Å². The number of nitrogens with zero attached hydrogens (tertiary/aromatic N) is 2. The number of benzene rings is 1. The minimum Gasteiger partial charge on any atom is -0.396 e. The highest BCUT2D eigenvalue weighted by Crippen LogP contribution is 2.31. The first-order valence-electron chi connectivity index (χ1n) is 8.90. The Labute approximate surface area is 151 Å². The molecule has 0 bridgehead atoms. The molecular weight excluding hydrogens is 316 g/mol. The van der Waals surface area contributed by atoms with Crippen molar-refractivity contribution in [2.75, 3.05) is 52.4 Å². The number of aliphatic hydroxyl groups is 1. The molecule has 0 aromatic heterocycles. The Morgan fingerprint density at radius 1 is 1.36 bits per heavy atom. The summed E-state index contributed by atoms with van der Waals surface area (Å²) < 4.78 is 5.54. The maximum atomic E-state index is 9.33. The van der Waals surface area contributed by atoms with Crippen LogP contribution >= 0.6 is 0 Å². The van der Waals surface area contributed by atoms with Gasteiger partial charge in [0.05, 0.1) is 6.61 Å². The van der Waals surface area contributed by atoms with E-state index < -0.39 is 0 Å². The average Bonchev–Trinajstić information content (AvgIpc) is 3.05. The van der Waals surface area contributed by atoms with Crippen LogP contribution in [-0.2, 0) is 11.3 Å². The second-order valence-electron chi connectivity index (χ2n) is 7.06. The number of guanidine groups is 1. The highest BCUT2D eigenvalue weighted by atomic mass is 16.5. The number of hydrogen-bond donors (Lipinski definition) is 3. The first-order valence-corrected chi connectivity index (χ1v) is 8.90. The van der Waals surface area contributed by atoms with E-state index in [1.54, 1.807) is 7.05 Å². The summed E-state index contributed by atoms with van der Waals surface area (Å²) in [6, 6.07) is 6.48. The highest BCUT2D eigenvalue weighted by molar-refractivity contribution is 5.79. The molecule has 1 aliphatic rings. The zero-order valence-corrected chi connectivity index (χ0v) is 15.9. The molecule has 0 saturated carbocycles. The molecule has 0 aliphatic carbocycles. The van der Waals surface area contributed by atoms with Crippen LogP contribution in [0.25, 0.3) is 0 Å². The van der Waals surface area contributed by atoms with Crippen LogP contribution in [0, 0.1) is 12.3 Å². The van der Waals surface area contributed by atoms with Crippen molar-refractivity contribution < 1.29 is 9.84 Å². The Morgan fingerprint density at radius 3 is 2.72 bits per heavy atom. The van der Waals surface area contributed by atoms with Crippen molar-refractivity contribution in [3.8, 4) is 0 Å². The SMILES string of the molecule is CN=C(NCc1ccc(N(C)C)cc1C)NCC1(CCO)CCOC1. The summed E-state index contributed by atoms with van der Waals surface area (Å²) >= 11 is 0. The average molecular weight is 348 g/mol. The van der Waals surface area contributed by atoms with Crippen LogP contribution in [0.3, 0.4) is 0 Å². The topological polar surface area (TPSA) is 69.1 Å². The van der Waals surface area contributed by atoms with Crippen LogP contribution < -0.4 is 15.5 Å². The van der Waals surface area contributed by atoms with Gasteiger partial charge in [-0.3, -0.25) is 4.99 Å². The molecule has 0 spiro atoms. The van der Waals surface area contributed by atoms with Gasteiger partial charge in [-0.2, -0.15) is 0 Å². The molecule has 1 aliphatic heterocycles. The molecule has 1 fully saturated rings. The third kappa shape index (κ3) is 5.34. The number of aliphatic hydroxyl groups excluding tert-OH is 1. The maximum absolute atomic E-state index is 9.33. The van der Waals surface area contributed by atoms with Gasteiger partial charge in [0.1, 0.15) is 0 Å². The van der Waals surface area contributed by atoms with Crippen LogP contribution in [0.5, 0.6) is 0 Å². The van der Waals surface area contributed by atoms with E-state index in [0.717, 1.165) is 38.5 Å². The quantitative estimate of drug-likeness (QED) is 0.515.